The lowest BCUT2D eigenvalue weighted by Gasteiger charge is -1.89. The van der Waals surface area contributed by atoms with Crippen molar-refractivity contribution in [2.24, 2.45) is 0 Å². The second kappa shape index (κ2) is 3.69. The average Bonchev–Trinajstić information content (AvgIpc) is 2.95. The van der Waals surface area contributed by atoms with Gasteiger partial charge >= 0.3 is 5.97 Å². The van der Waals surface area contributed by atoms with Gasteiger partial charge in [-0.25, -0.2) is 14.8 Å². The number of rotatable bonds is 3. The predicted molar refractivity (Wildman–Crippen MR) is 60.4 cm³/mol. The Bertz CT molecular complexity index is 622. The molecule has 0 amide bonds. The maximum atomic E-state index is 11.1. The van der Waals surface area contributed by atoms with Gasteiger partial charge in [0.05, 0.1) is 11.4 Å². The molecule has 2 heterocycles. The van der Waals surface area contributed by atoms with Crippen LogP contribution in [0.3, 0.4) is 0 Å². The van der Waals surface area contributed by atoms with Gasteiger partial charge in [-0.3, -0.25) is 0 Å². The molecule has 6 nitrogen and oxygen atoms in total. The van der Waals surface area contributed by atoms with Crippen LogP contribution in [0.15, 0.2) is 8.83 Å². The van der Waals surface area contributed by atoms with Gasteiger partial charge in [-0.05, 0) is 19.8 Å². The molecule has 1 aliphatic rings. The number of aromatic nitrogens is 2. The van der Waals surface area contributed by atoms with E-state index in [1.807, 2.05) is 0 Å². The number of carboxylic acids is 1. The Morgan fingerprint density at radius 1 is 1.28 bits per heavy atom. The van der Waals surface area contributed by atoms with Crippen molar-refractivity contribution in [1.29, 1.82) is 0 Å². The number of carbonyl (C=O) groups is 1. The van der Waals surface area contributed by atoms with Crippen molar-refractivity contribution in [3.05, 3.63) is 23.0 Å². The van der Waals surface area contributed by atoms with Crippen LogP contribution in [-0.2, 0) is 0 Å². The zero-order valence-electron chi connectivity index (χ0n) is 10.1. The summed E-state index contributed by atoms with van der Waals surface area (Å²) in [6, 6.07) is 0. The third-order valence-corrected chi connectivity index (χ3v) is 2.91. The molecule has 1 saturated carbocycles. The largest absolute Gasteiger partial charge is 0.475 e. The molecule has 18 heavy (non-hydrogen) atoms. The minimum absolute atomic E-state index is 0.0825. The topological polar surface area (TPSA) is 89.4 Å². The van der Waals surface area contributed by atoms with E-state index in [0.717, 1.165) is 12.8 Å². The van der Waals surface area contributed by atoms with Gasteiger partial charge in [0.25, 0.3) is 5.89 Å². The van der Waals surface area contributed by atoms with Crippen molar-refractivity contribution >= 4 is 5.97 Å². The maximum Gasteiger partial charge on any atom is 0.373 e. The van der Waals surface area contributed by atoms with Crippen LogP contribution in [0, 0.1) is 13.8 Å². The van der Waals surface area contributed by atoms with Gasteiger partial charge in [-0.1, -0.05) is 0 Å². The first kappa shape index (κ1) is 11.0. The highest BCUT2D eigenvalue weighted by molar-refractivity contribution is 5.86. The third-order valence-electron chi connectivity index (χ3n) is 2.91. The first-order chi connectivity index (χ1) is 8.56. The molecule has 2 aromatic heterocycles. The molecular formula is C12H12N2O4. The zero-order valence-corrected chi connectivity index (χ0v) is 10.1. The monoisotopic (exact) mass is 248 g/mol. The molecule has 0 spiro atoms. The first-order valence-electron chi connectivity index (χ1n) is 5.74. The summed E-state index contributed by atoms with van der Waals surface area (Å²) < 4.78 is 10.7. The summed E-state index contributed by atoms with van der Waals surface area (Å²) in [7, 11) is 0. The lowest BCUT2D eigenvalue weighted by atomic mass is 10.2. The fourth-order valence-corrected chi connectivity index (χ4v) is 1.95. The third kappa shape index (κ3) is 1.70. The fraction of sp³-hybridized carbons (Fsp3) is 0.417. The first-order valence-corrected chi connectivity index (χ1v) is 5.74. The fourth-order valence-electron chi connectivity index (χ4n) is 1.95. The molecule has 1 aliphatic carbocycles. The Labute approximate surface area is 103 Å². The average molecular weight is 248 g/mol. The molecule has 1 N–H and O–H groups in total. The highest BCUT2D eigenvalue weighted by Gasteiger charge is 2.34. The molecule has 6 heteroatoms. The molecule has 0 aliphatic heterocycles. The van der Waals surface area contributed by atoms with E-state index in [9.17, 15) is 4.79 Å². The normalized spacial score (nSPS) is 15.0. The number of oxazole rings is 2. The van der Waals surface area contributed by atoms with E-state index in [1.165, 1.54) is 0 Å². The number of aromatic carboxylic acids is 1. The molecule has 0 radical (unpaired) electrons. The molecular weight excluding hydrogens is 236 g/mol. The van der Waals surface area contributed by atoms with Crippen LogP contribution in [0.4, 0.5) is 0 Å². The number of hydrogen-bond acceptors (Lipinski definition) is 5. The molecule has 0 bridgehead atoms. The Morgan fingerprint density at radius 2 is 2.00 bits per heavy atom. The van der Waals surface area contributed by atoms with Crippen molar-refractivity contribution in [1.82, 2.24) is 9.97 Å². The van der Waals surface area contributed by atoms with E-state index in [0.29, 0.717) is 23.0 Å². The summed E-state index contributed by atoms with van der Waals surface area (Å²) >= 11 is 0. The quantitative estimate of drug-likeness (QED) is 0.897. The number of hydrogen-bond donors (Lipinski definition) is 1. The molecule has 1 fully saturated rings. The van der Waals surface area contributed by atoms with Gasteiger partial charge in [-0.2, -0.15) is 0 Å². The second-order valence-corrected chi connectivity index (χ2v) is 4.46. The number of nitrogens with zero attached hydrogens (tertiary/aromatic N) is 2. The Kier molecular flexibility index (Phi) is 2.26. The summed E-state index contributed by atoms with van der Waals surface area (Å²) in [4.78, 5) is 19.5. The van der Waals surface area contributed by atoms with Crippen LogP contribution in [0.5, 0.6) is 0 Å². The standard InChI is InChI=1S/C12H12N2O4/c1-5-9(17-6(2)13-5)11-14-8(7-3-4-7)10(18-11)12(15)16/h7H,3-4H2,1-2H3,(H,15,16). The Morgan fingerprint density at radius 3 is 2.50 bits per heavy atom. The Hall–Kier alpha value is -2.11. The summed E-state index contributed by atoms with van der Waals surface area (Å²) in [6.07, 6.45) is 1.92. The van der Waals surface area contributed by atoms with Gasteiger partial charge in [0, 0.05) is 12.8 Å². The zero-order chi connectivity index (χ0) is 12.9. The highest BCUT2D eigenvalue weighted by Crippen LogP contribution is 2.42. The van der Waals surface area contributed by atoms with Crippen molar-refractivity contribution in [3.8, 4) is 11.7 Å². The minimum Gasteiger partial charge on any atom is -0.475 e. The number of carboxylic acid groups (broad SMARTS) is 1. The van der Waals surface area contributed by atoms with Crippen molar-refractivity contribution in [3.63, 3.8) is 0 Å². The van der Waals surface area contributed by atoms with Gasteiger partial charge in [-0.15, -0.1) is 0 Å². The van der Waals surface area contributed by atoms with Gasteiger partial charge in [0.2, 0.25) is 11.5 Å². The SMILES string of the molecule is Cc1nc(C)c(-c2nc(C3CC3)c(C(=O)O)o2)o1. The van der Waals surface area contributed by atoms with Crippen molar-refractivity contribution < 1.29 is 18.7 Å². The van der Waals surface area contributed by atoms with Crippen LogP contribution in [0.2, 0.25) is 0 Å². The van der Waals surface area contributed by atoms with Crippen LogP contribution < -0.4 is 0 Å². The smallest absolute Gasteiger partial charge is 0.373 e. The molecule has 0 atom stereocenters. The van der Waals surface area contributed by atoms with E-state index in [-0.39, 0.29) is 17.6 Å². The summed E-state index contributed by atoms with van der Waals surface area (Å²) in [5, 5.41) is 9.10. The summed E-state index contributed by atoms with van der Waals surface area (Å²) in [5.41, 5.74) is 1.17. The van der Waals surface area contributed by atoms with Gasteiger partial charge in [0.15, 0.2) is 5.89 Å². The Balaban J connectivity index is 2.10. The van der Waals surface area contributed by atoms with Crippen molar-refractivity contribution in [2.75, 3.05) is 0 Å². The van der Waals surface area contributed by atoms with Crippen LogP contribution >= 0.6 is 0 Å². The van der Waals surface area contributed by atoms with E-state index in [1.54, 1.807) is 13.8 Å². The van der Waals surface area contributed by atoms with E-state index < -0.39 is 5.97 Å². The highest BCUT2D eigenvalue weighted by atomic mass is 16.4. The summed E-state index contributed by atoms with van der Waals surface area (Å²) in [6.45, 7) is 3.49. The molecule has 0 unspecified atom stereocenters. The van der Waals surface area contributed by atoms with Gasteiger partial charge in [0.1, 0.15) is 0 Å². The van der Waals surface area contributed by atoms with Crippen molar-refractivity contribution in [2.45, 2.75) is 32.6 Å². The minimum atomic E-state index is -1.09. The molecule has 0 aromatic carbocycles. The van der Waals surface area contributed by atoms with E-state index in [2.05, 4.69) is 9.97 Å². The predicted octanol–water partition coefficient (Wildman–Crippen LogP) is 2.52. The molecule has 0 saturated heterocycles. The summed E-state index contributed by atoms with van der Waals surface area (Å²) in [5.74, 6) is 0.142. The molecule has 94 valence electrons. The molecule has 2 aromatic rings. The van der Waals surface area contributed by atoms with Crippen LogP contribution in [-0.4, -0.2) is 21.0 Å². The van der Waals surface area contributed by atoms with E-state index in [4.69, 9.17) is 13.9 Å². The van der Waals surface area contributed by atoms with Gasteiger partial charge < -0.3 is 13.9 Å². The lowest BCUT2D eigenvalue weighted by molar-refractivity contribution is 0.0661. The number of aryl methyl sites for hydroxylation is 2. The van der Waals surface area contributed by atoms with Crippen LogP contribution in [0.25, 0.3) is 11.7 Å². The lowest BCUT2D eigenvalue weighted by Crippen LogP contribution is -1.98. The molecule has 3 rings (SSSR count). The van der Waals surface area contributed by atoms with E-state index >= 15 is 0 Å². The van der Waals surface area contributed by atoms with Crippen LogP contribution in [0.1, 0.15) is 46.6 Å². The maximum absolute atomic E-state index is 11.1. The second-order valence-electron chi connectivity index (χ2n) is 4.46.